The number of hydrogen-bond acceptors (Lipinski definition) is 2. The Balaban J connectivity index is 2.01. The number of nitrogens with zero attached hydrogens (tertiary/aromatic N) is 1. The maximum absolute atomic E-state index is 12.0. The molecule has 0 saturated carbocycles. The van der Waals surface area contributed by atoms with Gasteiger partial charge in [0.25, 0.3) is 0 Å². The molecule has 3 heteroatoms. The maximum atomic E-state index is 12.0. The Morgan fingerprint density at radius 2 is 1.90 bits per heavy atom. The normalized spacial score (nSPS) is 17.3. The molecule has 3 nitrogen and oxygen atoms in total. The van der Waals surface area contributed by atoms with Crippen molar-refractivity contribution >= 4 is 5.91 Å². The van der Waals surface area contributed by atoms with Gasteiger partial charge < -0.3 is 10.2 Å². The van der Waals surface area contributed by atoms with Gasteiger partial charge in [0.05, 0.1) is 0 Å². The van der Waals surface area contributed by atoms with E-state index in [9.17, 15) is 4.79 Å². The van der Waals surface area contributed by atoms with Crippen molar-refractivity contribution in [3.05, 3.63) is 35.4 Å². The van der Waals surface area contributed by atoms with E-state index in [1.165, 1.54) is 11.1 Å². The highest BCUT2D eigenvalue weighted by Crippen LogP contribution is 2.19. The van der Waals surface area contributed by atoms with Gasteiger partial charge in [0, 0.05) is 25.6 Å². The number of piperidine rings is 1. The zero-order chi connectivity index (χ0) is 15.2. The molecule has 1 aromatic rings. The van der Waals surface area contributed by atoms with Gasteiger partial charge in [-0.3, -0.25) is 4.79 Å². The molecule has 116 valence electrons. The molecule has 0 spiro atoms. The highest BCUT2D eigenvalue weighted by atomic mass is 16.2. The van der Waals surface area contributed by atoms with Crippen molar-refractivity contribution in [2.45, 2.75) is 45.6 Å². The molecule has 0 aliphatic carbocycles. The lowest BCUT2D eigenvalue weighted by atomic mass is 9.99. The molecule has 1 N–H and O–H groups in total. The lowest BCUT2D eigenvalue weighted by Crippen LogP contribution is -2.40. The fraction of sp³-hybridized carbons (Fsp3) is 0.611. The number of carbonyl (C=O) groups is 1. The average molecular weight is 288 g/mol. The van der Waals surface area contributed by atoms with Crippen molar-refractivity contribution in [1.29, 1.82) is 0 Å². The van der Waals surface area contributed by atoms with E-state index in [1.807, 2.05) is 11.9 Å². The summed E-state index contributed by atoms with van der Waals surface area (Å²) in [5.41, 5.74) is 2.65. The van der Waals surface area contributed by atoms with Gasteiger partial charge in [0.1, 0.15) is 0 Å². The second-order valence-corrected chi connectivity index (χ2v) is 6.48. The summed E-state index contributed by atoms with van der Waals surface area (Å²) in [7, 11) is 1.97. The Hall–Kier alpha value is -1.35. The minimum atomic E-state index is 0.222. The highest BCUT2D eigenvalue weighted by molar-refractivity contribution is 5.76. The summed E-state index contributed by atoms with van der Waals surface area (Å²) in [6.07, 6.45) is 4.01. The fourth-order valence-electron chi connectivity index (χ4n) is 3.00. The Labute approximate surface area is 128 Å². The molecule has 1 aliphatic rings. The molecular formula is C18H28N2O. The number of rotatable bonds is 6. The number of likely N-dealkylation sites (N-methyl/N-ethyl adjacent to an activating group) is 1. The predicted octanol–water partition coefficient (Wildman–Crippen LogP) is 3.16. The van der Waals surface area contributed by atoms with Crippen LogP contribution in [0.3, 0.4) is 0 Å². The van der Waals surface area contributed by atoms with Crippen LogP contribution in [0.15, 0.2) is 24.3 Å². The first-order chi connectivity index (χ1) is 10.1. The van der Waals surface area contributed by atoms with Gasteiger partial charge in [-0.05, 0) is 43.4 Å². The third-order valence-electron chi connectivity index (χ3n) is 4.20. The van der Waals surface area contributed by atoms with Crippen molar-refractivity contribution in [3.8, 4) is 0 Å². The number of benzene rings is 1. The number of hydrogen-bond donors (Lipinski definition) is 1. The Kier molecular flexibility index (Phi) is 5.80. The summed E-state index contributed by atoms with van der Waals surface area (Å²) < 4.78 is 0. The van der Waals surface area contributed by atoms with Gasteiger partial charge in [0.15, 0.2) is 0 Å². The van der Waals surface area contributed by atoms with Gasteiger partial charge in [0.2, 0.25) is 5.91 Å². The lowest BCUT2D eigenvalue weighted by molar-refractivity contribution is -0.133. The topological polar surface area (TPSA) is 32.3 Å². The lowest BCUT2D eigenvalue weighted by Gasteiger charge is -2.30. The Bertz CT molecular complexity index is 453. The zero-order valence-corrected chi connectivity index (χ0v) is 13.6. The van der Waals surface area contributed by atoms with Gasteiger partial charge in [-0.25, -0.2) is 0 Å². The molecule has 0 radical (unpaired) electrons. The van der Waals surface area contributed by atoms with Crippen LogP contribution in [-0.2, 0) is 11.2 Å². The monoisotopic (exact) mass is 288 g/mol. The number of nitrogens with one attached hydrogen (secondary N) is 1. The van der Waals surface area contributed by atoms with E-state index in [2.05, 4.69) is 43.4 Å². The molecule has 1 heterocycles. The molecule has 1 saturated heterocycles. The molecule has 1 aromatic carbocycles. The average Bonchev–Trinajstić information content (AvgIpc) is 2.47. The van der Waals surface area contributed by atoms with Crippen molar-refractivity contribution < 1.29 is 4.79 Å². The molecule has 1 aliphatic heterocycles. The summed E-state index contributed by atoms with van der Waals surface area (Å²) in [5.74, 6) is 0.986. The molecule has 1 unspecified atom stereocenters. The third kappa shape index (κ3) is 4.57. The van der Waals surface area contributed by atoms with Gasteiger partial charge >= 0.3 is 0 Å². The number of likely N-dealkylation sites (tertiary alicyclic amines) is 1. The van der Waals surface area contributed by atoms with Crippen LogP contribution in [0.2, 0.25) is 0 Å². The van der Waals surface area contributed by atoms with E-state index in [0.717, 1.165) is 32.4 Å². The first-order valence-electron chi connectivity index (χ1n) is 8.14. The second-order valence-electron chi connectivity index (χ2n) is 6.48. The molecule has 0 aromatic heterocycles. The summed E-state index contributed by atoms with van der Waals surface area (Å²) >= 11 is 0. The minimum absolute atomic E-state index is 0.222. The summed E-state index contributed by atoms with van der Waals surface area (Å²) in [5, 5.41) is 3.35. The van der Waals surface area contributed by atoms with E-state index in [-0.39, 0.29) is 6.04 Å². The van der Waals surface area contributed by atoms with Crippen molar-refractivity contribution in [2.75, 3.05) is 20.1 Å². The molecule has 1 amide bonds. The molecule has 1 fully saturated rings. The highest BCUT2D eigenvalue weighted by Gasteiger charge is 2.21. The van der Waals surface area contributed by atoms with Crippen molar-refractivity contribution in [2.24, 2.45) is 5.92 Å². The van der Waals surface area contributed by atoms with E-state index in [0.29, 0.717) is 18.2 Å². The van der Waals surface area contributed by atoms with Crippen LogP contribution in [0.5, 0.6) is 0 Å². The molecule has 21 heavy (non-hydrogen) atoms. The molecule has 0 bridgehead atoms. The fourth-order valence-corrected chi connectivity index (χ4v) is 3.00. The van der Waals surface area contributed by atoms with Crippen LogP contribution in [0.1, 0.15) is 50.3 Å². The second kappa shape index (κ2) is 7.60. The summed E-state index contributed by atoms with van der Waals surface area (Å²) in [6, 6.07) is 9.07. The van der Waals surface area contributed by atoms with E-state index in [4.69, 9.17) is 0 Å². The van der Waals surface area contributed by atoms with E-state index in [1.54, 1.807) is 0 Å². The van der Waals surface area contributed by atoms with Crippen LogP contribution in [0, 0.1) is 5.92 Å². The zero-order valence-electron chi connectivity index (χ0n) is 13.6. The standard InChI is InChI=1S/C18H28N2O/c1-14(2)12-15-7-9-16(10-8-15)17(19-3)13-20-11-5-4-6-18(20)21/h7-10,14,17,19H,4-6,11-13H2,1-3H3. The minimum Gasteiger partial charge on any atom is -0.341 e. The van der Waals surface area contributed by atoms with Crippen LogP contribution >= 0.6 is 0 Å². The number of carbonyl (C=O) groups excluding carboxylic acids is 1. The first kappa shape index (κ1) is 16.0. The Morgan fingerprint density at radius 3 is 2.48 bits per heavy atom. The Morgan fingerprint density at radius 1 is 1.19 bits per heavy atom. The smallest absolute Gasteiger partial charge is 0.222 e. The summed E-state index contributed by atoms with van der Waals surface area (Å²) in [6.45, 7) is 6.17. The maximum Gasteiger partial charge on any atom is 0.222 e. The van der Waals surface area contributed by atoms with Gasteiger partial charge in [-0.2, -0.15) is 0 Å². The molecule has 2 rings (SSSR count). The van der Waals surface area contributed by atoms with Gasteiger partial charge in [-0.15, -0.1) is 0 Å². The van der Waals surface area contributed by atoms with Crippen molar-refractivity contribution in [3.63, 3.8) is 0 Å². The van der Waals surface area contributed by atoms with E-state index >= 15 is 0 Å². The quantitative estimate of drug-likeness (QED) is 0.872. The first-order valence-corrected chi connectivity index (χ1v) is 8.14. The van der Waals surface area contributed by atoms with Gasteiger partial charge in [-0.1, -0.05) is 38.1 Å². The van der Waals surface area contributed by atoms with Crippen LogP contribution < -0.4 is 5.32 Å². The number of amides is 1. The van der Waals surface area contributed by atoms with E-state index < -0.39 is 0 Å². The molecular weight excluding hydrogens is 260 g/mol. The summed E-state index contributed by atoms with van der Waals surface area (Å²) in [4.78, 5) is 14.0. The van der Waals surface area contributed by atoms with Crippen LogP contribution in [-0.4, -0.2) is 30.9 Å². The van der Waals surface area contributed by atoms with Crippen molar-refractivity contribution in [1.82, 2.24) is 10.2 Å². The molecule has 1 atom stereocenters. The SMILES string of the molecule is CNC(CN1CCCCC1=O)c1ccc(CC(C)C)cc1. The van der Waals surface area contributed by atoms with Crippen LogP contribution in [0.4, 0.5) is 0 Å². The largest absolute Gasteiger partial charge is 0.341 e. The third-order valence-corrected chi connectivity index (χ3v) is 4.20. The van der Waals surface area contributed by atoms with Crippen LogP contribution in [0.25, 0.3) is 0 Å². The predicted molar refractivity (Wildman–Crippen MR) is 87.2 cm³/mol.